The monoisotopic (exact) mass is 634 g/mol. The molecule has 9 atom stereocenters. The Hall–Kier alpha value is -1.80. The largest absolute Gasteiger partial charge is 0.369 e. The lowest BCUT2D eigenvalue weighted by molar-refractivity contribution is -0.121. The zero-order valence-corrected chi connectivity index (χ0v) is 28.7. The van der Waals surface area contributed by atoms with Crippen molar-refractivity contribution in [3.8, 4) is 0 Å². The Balaban J connectivity index is 1.03. The van der Waals surface area contributed by atoms with Crippen LogP contribution < -0.4 is 4.72 Å². The maximum Gasteiger partial charge on any atom is 0.211 e. The first-order valence-corrected chi connectivity index (χ1v) is 19.5. The number of carbonyl (C=O) groups is 1. The molecule has 1 aromatic carbocycles. The van der Waals surface area contributed by atoms with Crippen molar-refractivity contribution >= 4 is 15.8 Å². The number of likely N-dealkylation sites (tertiary alicyclic amines) is 1. The number of nitrogens with one attached hydrogen (secondary N) is 1. The molecule has 7 rings (SSSR count). The Morgan fingerprint density at radius 2 is 1.93 bits per heavy atom. The number of rotatable bonds is 7. The van der Waals surface area contributed by atoms with Crippen molar-refractivity contribution in [3.63, 3.8) is 0 Å². The highest BCUT2D eigenvalue weighted by atomic mass is 32.2. The third-order valence-electron chi connectivity index (χ3n) is 13.3. The van der Waals surface area contributed by atoms with E-state index in [1.165, 1.54) is 18.4 Å². The Morgan fingerprint density at radius 3 is 2.73 bits per heavy atom. The predicted molar refractivity (Wildman–Crippen MR) is 179 cm³/mol. The van der Waals surface area contributed by atoms with Crippen LogP contribution in [0, 0.1) is 35.0 Å². The topological polar surface area (TPSA) is 75.7 Å². The number of aryl methyl sites for hydroxylation is 1. The van der Waals surface area contributed by atoms with Gasteiger partial charge in [-0.25, -0.2) is 13.1 Å². The predicted octanol–water partition coefficient (Wildman–Crippen LogP) is 6.47. The molecule has 1 unspecified atom stereocenters. The second-order valence-electron chi connectivity index (χ2n) is 16.0. The number of fused-ring (bicyclic) bond motifs is 6. The van der Waals surface area contributed by atoms with Gasteiger partial charge in [-0.15, -0.1) is 0 Å². The molecule has 45 heavy (non-hydrogen) atoms. The first kappa shape index (κ1) is 31.8. The Kier molecular flexibility index (Phi) is 8.49. The summed E-state index contributed by atoms with van der Waals surface area (Å²) in [5, 5.41) is 0. The molecular weight excluding hydrogens is 580 g/mol. The molecule has 4 aliphatic carbocycles. The highest BCUT2D eigenvalue weighted by Crippen LogP contribution is 2.63. The number of hydrogen-bond acceptors (Lipinski definition) is 5. The van der Waals surface area contributed by atoms with Crippen molar-refractivity contribution in [2.75, 3.05) is 25.4 Å². The second kappa shape index (κ2) is 12.0. The molecule has 6 nitrogen and oxygen atoms in total. The van der Waals surface area contributed by atoms with Gasteiger partial charge in [-0.3, -0.25) is 9.69 Å². The molecule has 2 heterocycles. The van der Waals surface area contributed by atoms with Crippen LogP contribution in [0.3, 0.4) is 0 Å². The van der Waals surface area contributed by atoms with Crippen LogP contribution in [0.5, 0.6) is 0 Å². The van der Waals surface area contributed by atoms with Gasteiger partial charge in [-0.05, 0) is 92.9 Å². The van der Waals surface area contributed by atoms with E-state index in [1.807, 2.05) is 30.3 Å². The van der Waals surface area contributed by atoms with E-state index >= 15 is 0 Å². The Bertz CT molecular complexity index is 1470. The number of allylic oxidation sites excluding steroid dienone is 3. The number of ketones is 1. The first-order valence-electron chi connectivity index (χ1n) is 17.8. The van der Waals surface area contributed by atoms with Crippen LogP contribution in [-0.2, 0) is 26.0 Å². The van der Waals surface area contributed by atoms with Gasteiger partial charge < -0.3 is 4.74 Å². The number of Topliss-reactive ketones (excluding diaryl/α,β-unsaturated/α-hetero) is 1. The summed E-state index contributed by atoms with van der Waals surface area (Å²) in [6, 6.07) is 10.2. The third kappa shape index (κ3) is 5.83. The maximum absolute atomic E-state index is 12.8. The fourth-order valence-electron chi connectivity index (χ4n) is 11.0. The standard InChI is InChI=1S/C38H54N2O4S/c1-25-20-35-36(40(24-25)18-17-39-45(42,43)19-14-28-8-6-5-7-9-28)27(3)38(44-35)16-13-31-32-11-10-29-21-30(41)12-15-37(29,4)34(32)22-33(31)26(2)23-38/h5-10,25,27,31-32,34-36,39H,11-24H2,1-4H3/t25-,27+,31-,32-,34-,35+,36?,37-,38-/m0/s1. The molecule has 1 aromatic rings. The number of piperidine rings is 1. The molecular formula is C38H54N2O4S. The normalized spacial score (nSPS) is 40.0. The fourth-order valence-corrected chi connectivity index (χ4v) is 12.0. The van der Waals surface area contributed by atoms with Crippen LogP contribution in [0.15, 0.2) is 53.1 Å². The number of sulfonamides is 1. The van der Waals surface area contributed by atoms with Gasteiger partial charge in [0.05, 0.1) is 17.5 Å². The van der Waals surface area contributed by atoms with E-state index in [9.17, 15) is 13.2 Å². The van der Waals surface area contributed by atoms with Crippen LogP contribution in [0.1, 0.15) is 91.0 Å². The zero-order valence-electron chi connectivity index (χ0n) is 27.9. The summed E-state index contributed by atoms with van der Waals surface area (Å²) in [5.41, 5.74) is 5.84. The van der Waals surface area contributed by atoms with E-state index in [1.54, 1.807) is 11.1 Å². The van der Waals surface area contributed by atoms with Crippen molar-refractivity contribution in [1.82, 2.24) is 9.62 Å². The molecule has 0 bridgehead atoms. The molecule has 6 aliphatic rings. The van der Waals surface area contributed by atoms with Gasteiger partial charge in [0.2, 0.25) is 10.0 Å². The molecule has 4 fully saturated rings. The summed E-state index contributed by atoms with van der Waals surface area (Å²) in [6.07, 6.45) is 12.4. The number of hydrogen-bond donors (Lipinski definition) is 1. The molecule has 0 amide bonds. The molecule has 1 spiro atoms. The molecule has 1 N–H and O–H groups in total. The molecule has 0 aromatic heterocycles. The summed E-state index contributed by atoms with van der Waals surface area (Å²) < 4.78 is 35.9. The first-order chi connectivity index (χ1) is 21.5. The minimum absolute atomic E-state index is 0.118. The lowest BCUT2D eigenvalue weighted by Gasteiger charge is -2.47. The summed E-state index contributed by atoms with van der Waals surface area (Å²) >= 11 is 0. The summed E-state index contributed by atoms with van der Waals surface area (Å²) in [6.45, 7) is 11.8. The van der Waals surface area contributed by atoms with Gasteiger partial charge in [0, 0.05) is 44.4 Å². The average molecular weight is 635 g/mol. The molecule has 2 aliphatic heterocycles. The van der Waals surface area contributed by atoms with Crippen molar-refractivity contribution in [3.05, 3.63) is 58.7 Å². The van der Waals surface area contributed by atoms with E-state index in [-0.39, 0.29) is 22.9 Å². The van der Waals surface area contributed by atoms with E-state index < -0.39 is 10.0 Å². The lowest BCUT2D eigenvalue weighted by atomic mass is 9.57. The molecule has 2 saturated heterocycles. The van der Waals surface area contributed by atoms with Gasteiger partial charge in [0.15, 0.2) is 0 Å². The third-order valence-corrected chi connectivity index (χ3v) is 14.7. The van der Waals surface area contributed by atoms with Gasteiger partial charge in [-0.2, -0.15) is 0 Å². The van der Waals surface area contributed by atoms with Crippen LogP contribution in [-0.4, -0.2) is 62.2 Å². The molecule has 246 valence electrons. The van der Waals surface area contributed by atoms with E-state index in [0.29, 0.717) is 60.8 Å². The summed E-state index contributed by atoms with van der Waals surface area (Å²) in [7, 11) is -3.34. The molecule has 2 saturated carbocycles. The van der Waals surface area contributed by atoms with Gasteiger partial charge in [0.1, 0.15) is 5.78 Å². The van der Waals surface area contributed by atoms with Gasteiger partial charge in [0.25, 0.3) is 0 Å². The number of nitrogens with zero attached hydrogens (tertiary/aromatic N) is 1. The van der Waals surface area contributed by atoms with E-state index in [0.717, 1.165) is 57.2 Å². The van der Waals surface area contributed by atoms with E-state index in [4.69, 9.17) is 4.74 Å². The quantitative estimate of drug-likeness (QED) is 0.348. The Morgan fingerprint density at radius 1 is 1.13 bits per heavy atom. The fraction of sp³-hybridized carbons (Fsp3) is 0.711. The van der Waals surface area contributed by atoms with Crippen LogP contribution in [0.4, 0.5) is 0 Å². The molecule has 0 radical (unpaired) electrons. The van der Waals surface area contributed by atoms with Gasteiger partial charge in [-0.1, -0.05) is 73.9 Å². The summed E-state index contributed by atoms with van der Waals surface area (Å²) in [4.78, 5) is 14.9. The van der Waals surface area contributed by atoms with Crippen LogP contribution in [0.25, 0.3) is 0 Å². The van der Waals surface area contributed by atoms with Crippen molar-refractivity contribution < 1.29 is 17.9 Å². The highest BCUT2D eigenvalue weighted by Gasteiger charge is 2.59. The zero-order chi connectivity index (χ0) is 31.6. The van der Waals surface area contributed by atoms with Crippen molar-refractivity contribution in [1.29, 1.82) is 0 Å². The lowest BCUT2D eigenvalue weighted by Crippen LogP contribution is -2.53. The van der Waals surface area contributed by atoms with Crippen LogP contribution >= 0.6 is 0 Å². The van der Waals surface area contributed by atoms with Crippen molar-refractivity contribution in [2.24, 2.45) is 35.0 Å². The van der Waals surface area contributed by atoms with Crippen LogP contribution in [0.2, 0.25) is 0 Å². The SMILES string of the molecule is CC1=C2C[C@H]3[C@@H](CC=C4CC(=O)CC[C@@]43C)[C@@H]2CC[C@@]2(C1)O[C@@H]1C[C@H](C)CN(CCNS(=O)(=O)CCc3ccccc3)C1[C@H]2C. The maximum atomic E-state index is 12.8. The smallest absolute Gasteiger partial charge is 0.211 e. The number of carbonyl (C=O) groups excluding carboxylic acids is 1. The highest BCUT2D eigenvalue weighted by molar-refractivity contribution is 7.89. The minimum Gasteiger partial charge on any atom is -0.369 e. The average Bonchev–Trinajstić information content (AvgIpc) is 3.47. The number of ether oxygens (including phenoxy) is 1. The van der Waals surface area contributed by atoms with Crippen molar-refractivity contribution in [2.45, 2.75) is 110 Å². The Labute approximate surface area is 271 Å². The number of benzene rings is 1. The minimum atomic E-state index is -3.34. The summed E-state index contributed by atoms with van der Waals surface area (Å²) in [5.74, 6) is 3.48. The van der Waals surface area contributed by atoms with Gasteiger partial charge >= 0.3 is 0 Å². The second-order valence-corrected chi connectivity index (χ2v) is 17.9. The molecule has 7 heteroatoms. The van der Waals surface area contributed by atoms with E-state index in [2.05, 4.69) is 43.4 Å².